The van der Waals surface area contributed by atoms with Gasteiger partial charge in [-0.3, -0.25) is 0 Å². The second kappa shape index (κ2) is 13.2. The molecule has 0 fully saturated rings. The minimum atomic E-state index is -7.16. The van der Waals surface area contributed by atoms with Crippen LogP contribution < -0.4 is 0 Å². The van der Waals surface area contributed by atoms with E-state index in [4.69, 9.17) is 0 Å². The number of hydrogen-bond acceptors (Lipinski definition) is 0. The zero-order valence-corrected chi connectivity index (χ0v) is 24.2. The van der Waals surface area contributed by atoms with Crippen molar-refractivity contribution in [2.24, 2.45) is 28.6 Å². The van der Waals surface area contributed by atoms with Gasteiger partial charge in [-0.2, -0.15) is 65.9 Å². The highest BCUT2D eigenvalue weighted by molar-refractivity contribution is 4.99. The molecule has 0 aliphatic heterocycles. The number of rotatable bonds is 13. The first kappa shape index (κ1) is 43.6. The van der Waals surface area contributed by atoms with Crippen LogP contribution in [0.5, 0.6) is 0 Å². The summed E-state index contributed by atoms with van der Waals surface area (Å²) in [5.41, 5.74) is -9.50. The highest BCUT2D eigenvalue weighted by Gasteiger charge is 2.75. The Morgan fingerprint density at radius 3 is 1.13 bits per heavy atom. The second-order valence-electron chi connectivity index (χ2n) is 13.2. The van der Waals surface area contributed by atoms with Crippen LogP contribution in [0.1, 0.15) is 79.6 Å². The van der Waals surface area contributed by atoms with Gasteiger partial charge in [0.05, 0.1) is 30.6 Å². The molecular formula is C25H32F20. The molecule has 3 atom stereocenters. The van der Waals surface area contributed by atoms with E-state index in [-0.39, 0.29) is 6.42 Å². The van der Waals surface area contributed by atoms with Gasteiger partial charge in [0.25, 0.3) is 11.8 Å². The van der Waals surface area contributed by atoms with Crippen LogP contribution in [0.4, 0.5) is 87.8 Å². The van der Waals surface area contributed by atoms with Crippen molar-refractivity contribution in [3.63, 3.8) is 0 Å². The summed E-state index contributed by atoms with van der Waals surface area (Å²) in [6, 6.07) is 0. The van der Waals surface area contributed by atoms with E-state index < -0.39 is 116 Å². The predicted molar refractivity (Wildman–Crippen MR) is 120 cm³/mol. The predicted octanol–water partition coefficient (Wildman–Crippen LogP) is 12.4. The van der Waals surface area contributed by atoms with Gasteiger partial charge in [-0.05, 0) is 36.5 Å². The lowest BCUT2D eigenvalue weighted by Crippen LogP contribution is -2.56. The monoisotopic (exact) mass is 712 g/mol. The Bertz CT molecular complexity index is 909. The quantitative estimate of drug-likeness (QED) is 0.167. The van der Waals surface area contributed by atoms with E-state index in [1.807, 2.05) is 0 Å². The van der Waals surface area contributed by atoms with Gasteiger partial charge >= 0.3 is 36.6 Å². The molecule has 0 aromatic heterocycles. The maximum absolute atomic E-state index is 14.3. The summed E-state index contributed by atoms with van der Waals surface area (Å²) in [4.78, 5) is 0. The van der Waals surface area contributed by atoms with E-state index in [1.54, 1.807) is 20.8 Å². The molecule has 0 spiro atoms. The van der Waals surface area contributed by atoms with Crippen molar-refractivity contribution in [1.82, 2.24) is 0 Å². The van der Waals surface area contributed by atoms with Crippen molar-refractivity contribution in [2.75, 3.05) is 0 Å². The molecule has 0 aromatic rings. The van der Waals surface area contributed by atoms with Gasteiger partial charge < -0.3 is 0 Å². The Kier molecular flexibility index (Phi) is 12.8. The molecule has 0 bridgehead atoms. The molecule has 0 amide bonds. The van der Waals surface area contributed by atoms with Gasteiger partial charge in [-0.1, -0.05) is 34.6 Å². The lowest BCUT2D eigenvalue weighted by atomic mass is 9.68. The van der Waals surface area contributed by atoms with Crippen LogP contribution in [0.15, 0.2) is 0 Å². The molecule has 0 N–H and O–H groups in total. The van der Waals surface area contributed by atoms with Crippen molar-refractivity contribution in [1.29, 1.82) is 0 Å². The van der Waals surface area contributed by atoms with E-state index in [2.05, 4.69) is 0 Å². The molecule has 0 aromatic carbocycles. The van der Waals surface area contributed by atoms with Gasteiger partial charge in [-0.15, -0.1) is 0 Å². The lowest BCUT2D eigenvalue weighted by Gasteiger charge is -2.40. The molecule has 0 aliphatic carbocycles. The molecule has 0 rings (SSSR count). The highest BCUT2D eigenvalue weighted by Crippen LogP contribution is 2.55. The van der Waals surface area contributed by atoms with Crippen molar-refractivity contribution in [3.8, 4) is 0 Å². The minimum Gasteiger partial charge on any atom is -0.223 e. The fourth-order valence-electron chi connectivity index (χ4n) is 4.68. The lowest BCUT2D eigenvalue weighted by molar-refractivity contribution is -0.356. The van der Waals surface area contributed by atoms with E-state index in [9.17, 15) is 87.8 Å². The fraction of sp³-hybridized carbons (Fsp3) is 1.00. The Morgan fingerprint density at radius 1 is 0.422 bits per heavy atom. The summed E-state index contributed by atoms with van der Waals surface area (Å²) in [5.74, 6) is -22.3. The van der Waals surface area contributed by atoms with Gasteiger partial charge in [0.15, 0.2) is 0 Å². The third-order valence-corrected chi connectivity index (χ3v) is 7.34. The van der Waals surface area contributed by atoms with Crippen molar-refractivity contribution >= 4 is 0 Å². The van der Waals surface area contributed by atoms with Crippen LogP contribution in [-0.4, -0.2) is 48.4 Å². The molecule has 45 heavy (non-hydrogen) atoms. The van der Waals surface area contributed by atoms with Gasteiger partial charge in [-0.25, -0.2) is 22.0 Å². The standard InChI is InChI=1S/C25H32F20/c1-16(2,3)6-7-17(4,5)15(23(37,38)39)9-13(21(31,32)33)8-14(22(34,35)36)10-18(26,27)11-19(28,29)12-20(30,24(40,41)42)25(43,44)45/h13-15H,6-12H2,1-5H3. The van der Waals surface area contributed by atoms with Crippen LogP contribution in [0.25, 0.3) is 0 Å². The third-order valence-electron chi connectivity index (χ3n) is 7.34. The maximum Gasteiger partial charge on any atom is 0.431 e. The van der Waals surface area contributed by atoms with Crippen LogP contribution in [0.2, 0.25) is 0 Å². The summed E-state index contributed by atoms with van der Waals surface area (Å²) >= 11 is 0. The molecule has 272 valence electrons. The van der Waals surface area contributed by atoms with Crippen LogP contribution in [0, 0.1) is 28.6 Å². The maximum atomic E-state index is 14.3. The van der Waals surface area contributed by atoms with E-state index in [0.29, 0.717) is 0 Å². The molecule has 0 aliphatic rings. The van der Waals surface area contributed by atoms with Crippen molar-refractivity contribution < 1.29 is 87.8 Å². The minimum absolute atomic E-state index is 0.00226. The fourth-order valence-corrected chi connectivity index (χ4v) is 4.68. The molecule has 0 nitrogen and oxygen atoms in total. The summed E-state index contributed by atoms with van der Waals surface area (Å²) in [7, 11) is 0. The van der Waals surface area contributed by atoms with Gasteiger partial charge in [0.2, 0.25) is 0 Å². The third kappa shape index (κ3) is 13.3. The Hall–Kier alpha value is -1.40. The molecule has 0 saturated carbocycles. The molecular weight excluding hydrogens is 680 g/mol. The van der Waals surface area contributed by atoms with Crippen molar-refractivity contribution in [3.05, 3.63) is 0 Å². The van der Waals surface area contributed by atoms with Crippen LogP contribution >= 0.6 is 0 Å². The summed E-state index contributed by atoms with van der Waals surface area (Å²) in [6.07, 6.45) is -47.7. The summed E-state index contributed by atoms with van der Waals surface area (Å²) < 4.78 is 270. The molecule has 3 unspecified atom stereocenters. The number of hydrogen-bond donors (Lipinski definition) is 0. The Morgan fingerprint density at radius 2 is 0.822 bits per heavy atom. The van der Waals surface area contributed by atoms with Crippen LogP contribution in [-0.2, 0) is 0 Å². The van der Waals surface area contributed by atoms with E-state index >= 15 is 0 Å². The zero-order chi connectivity index (χ0) is 36.7. The van der Waals surface area contributed by atoms with Crippen molar-refractivity contribution in [2.45, 2.75) is 128 Å². The average Bonchev–Trinajstić information content (AvgIpc) is 2.68. The summed E-state index contributed by atoms with van der Waals surface area (Å²) in [5, 5.41) is 0. The first-order chi connectivity index (χ1) is 19.2. The smallest absolute Gasteiger partial charge is 0.223 e. The van der Waals surface area contributed by atoms with E-state index in [1.165, 1.54) is 0 Å². The first-order valence-corrected chi connectivity index (χ1v) is 13.0. The topological polar surface area (TPSA) is 0 Å². The molecule has 0 radical (unpaired) electrons. The van der Waals surface area contributed by atoms with E-state index in [0.717, 1.165) is 13.8 Å². The Labute approximate surface area is 245 Å². The zero-order valence-electron chi connectivity index (χ0n) is 24.2. The first-order valence-electron chi connectivity index (χ1n) is 13.0. The number of alkyl halides is 20. The molecule has 0 heterocycles. The summed E-state index contributed by atoms with van der Waals surface area (Å²) in [6.45, 7) is 6.48. The van der Waals surface area contributed by atoms with Gasteiger partial charge in [0, 0.05) is 6.42 Å². The average molecular weight is 712 g/mol. The highest BCUT2D eigenvalue weighted by atomic mass is 19.4. The Balaban J connectivity index is 6.44. The molecule has 20 heteroatoms. The SMILES string of the molecule is CC(C)(C)CCC(C)(C)C(CC(CC(CC(F)(F)CC(F)(F)CC(F)(C(F)(F)F)C(F)(F)F)C(F)(F)F)C(F)(F)F)C(F)(F)F. The number of halogens is 20. The van der Waals surface area contributed by atoms with Gasteiger partial charge in [0.1, 0.15) is 0 Å². The molecule has 0 saturated heterocycles. The van der Waals surface area contributed by atoms with Crippen LogP contribution in [0.3, 0.4) is 0 Å². The second-order valence-corrected chi connectivity index (χ2v) is 13.2. The largest absolute Gasteiger partial charge is 0.431 e. The normalized spacial score (nSPS) is 17.8.